The molecule has 2 N–H and O–H groups in total. The lowest BCUT2D eigenvalue weighted by Crippen LogP contribution is -2.31. The van der Waals surface area contributed by atoms with Crippen molar-refractivity contribution in [2.24, 2.45) is 0 Å². The molecule has 32 heavy (non-hydrogen) atoms. The number of benzene rings is 2. The number of carboxylic acids is 1. The molecule has 0 aromatic heterocycles. The molecule has 164 valence electrons. The number of carboxylic acid groups (broad SMARTS) is 1. The van der Waals surface area contributed by atoms with Crippen LogP contribution in [0.2, 0.25) is 0 Å². The number of nitro benzene ring substituents is 1. The number of non-ortho nitro benzene ring substituents is 1. The lowest BCUT2D eigenvalue weighted by molar-refractivity contribution is -0.384. The van der Waals surface area contributed by atoms with Crippen LogP contribution in [0.4, 0.5) is 5.69 Å². The molecule has 2 aromatic carbocycles. The Morgan fingerprint density at radius 2 is 1.78 bits per heavy atom. The van der Waals surface area contributed by atoms with Gasteiger partial charge in [0.25, 0.3) is 5.69 Å². The van der Waals surface area contributed by atoms with Crippen molar-refractivity contribution in [3.63, 3.8) is 0 Å². The Balaban J connectivity index is 1.92. The van der Waals surface area contributed by atoms with Crippen LogP contribution in [0.1, 0.15) is 30.9 Å². The van der Waals surface area contributed by atoms with Crippen molar-refractivity contribution >= 4 is 23.7 Å². The zero-order valence-corrected chi connectivity index (χ0v) is 17.6. The number of nitrogens with zero attached hydrogens (tertiary/aromatic N) is 1. The number of hydrogen-bond donors (Lipinski definition) is 2. The van der Waals surface area contributed by atoms with Gasteiger partial charge in [0.2, 0.25) is 0 Å². The van der Waals surface area contributed by atoms with Crippen molar-refractivity contribution in [3.05, 3.63) is 104 Å². The summed E-state index contributed by atoms with van der Waals surface area (Å²) in [6.45, 7) is 3.21. The molecule has 1 aliphatic heterocycles. The van der Waals surface area contributed by atoms with Crippen molar-refractivity contribution in [1.82, 2.24) is 5.32 Å². The first-order valence-electron chi connectivity index (χ1n) is 9.84. The molecule has 2 aromatic rings. The first-order chi connectivity index (χ1) is 15.3. The Labute approximate surface area is 184 Å². The van der Waals surface area contributed by atoms with Gasteiger partial charge in [0, 0.05) is 23.5 Å². The van der Waals surface area contributed by atoms with Crippen LogP contribution in [0.15, 0.2) is 83.2 Å². The molecule has 0 saturated heterocycles. The molecule has 1 aliphatic rings. The Kier molecular flexibility index (Phi) is 6.84. The fourth-order valence-electron chi connectivity index (χ4n) is 3.65. The number of hydrogen-bond acceptors (Lipinski definition) is 6. The van der Waals surface area contributed by atoms with Gasteiger partial charge in [0.1, 0.15) is 6.61 Å². The first kappa shape index (κ1) is 22.5. The summed E-state index contributed by atoms with van der Waals surface area (Å²) in [7, 11) is 0. The van der Waals surface area contributed by atoms with Crippen molar-refractivity contribution in [1.29, 1.82) is 0 Å². The quantitative estimate of drug-likeness (QED) is 0.381. The van der Waals surface area contributed by atoms with E-state index in [1.54, 1.807) is 32.1 Å². The molecule has 1 unspecified atom stereocenters. The molecule has 3 rings (SSSR count). The van der Waals surface area contributed by atoms with Gasteiger partial charge in [-0.05, 0) is 31.1 Å². The van der Waals surface area contributed by atoms with Crippen LogP contribution in [0.5, 0.6) is 0 Å². The highest BCUT2D eigenvalue weighted by Crippen LogP contribution is 2.39. The molecule has 8 heteroatoms. The molecule has 0 fully saturated rings. The number of rotatable bonds is 7. The fraction of sp³-hybridized carbons (Fsp3) is 0.167. The zero-order valence-electron chi connectivity index (χ0n) is 17.6. The molecule has 0 saturated carbocycles. The van der Waals surface area contributed by atoms with Crippen LogP contribution in [0.25, 0.3) is 6.08 Å². The van der Waals surface area contributed by atoms with E-state index in [0.29, 0.717) is 17.0 Å². The molecular formula is C24H22N2O6. The zero-order chi connectivity index (χ0) is 23.3. The second-order valence-corrected chi connectivity index (χ2v) is 7.20. The average Bonchev–Trinajstić information content (AvgIpc) is 2.76. The topological polar surface area (TPSA) is 119 Å². The number of allylic oxidation sites excluding steroid dienone is 2. The summed E-state index contributed by atoms with van der Waals surface area (Å²) >= 11 is 0. The molecule has 1 atom stereocenters. The van der Waals surface area contributed by atoms with E-state index in [1.807, 2.05) is 30.3 Å². The number of ether oxygens (including phenoxy) is 1. The van der Waals surface area contributed by atoms with Crippen LogP contribution < -0.4 is 5.32 Å². The van der Waals surface area contributed by atoms with Crippen LogP contribution in [0, 0.1) is 10.1 Å². The van der Waals surface area contributed by atoms with Crippen molar-refractivity contribution in [3.8, 4) is 0 Å². The number of nitro groups is 1. The van der Waals surface area contributed by atoms with E-state index in [0.717, 1.165) is 5.56 Å². The Morgan fingerprint density at radius 1 is 1.09 bits per heavy atom. The number of carbonyl (C=O) groups excluding carboxylic acids is 1. The number of dihydropyridines is 1. The molecule has 0 radical (unpaired) electrons. The molecule has 8 nitrogen and oxygen atoms in total. The van der Waals surface area contributed by atoms with Crippen molar-refractivity contribution in [2.75, 3.05) is 6.61 Å². The third-order valence-corrected chi connectivity index (χ3v) is 5.05. The number of carbonyl (C=O) groups is 2. The minimum absolute atomic E-state index is 0.0166. The van der Waals surface area contributed by atoms with Gasteiger partial charge >= 0.3 is 11.9 Å². The van der Waals surface area contributed by atoms with Gasteiger partial charge in [0.05, 0.1) is 22.0 Å². The van der Waals surface area contributed by atoms with Gasteiger partial charge in [-0.2, -0.15) is 0 Å². The first-order valence-corrected chi connectivity index (χ1v) is 9.84. The predicted octanol–water partition coefficient (Wildman–Crippen LogP) is 4.17. The third-order valence-electron chi connectivity index (χ3n) is 5.05. The molecule has 0 amide bonds. The van der Waals surface area contributed by atoms with E-state index in [9.17, 15) is 24.8 Å². The largest absolute Gasteiger partial charge is 0.478 e. The van der Waals surface area contributed by atoms with Crippen LogP contribution in [0.3, 0.4) is 0 Å². The lowest BCUT2D eigenvalue weighted by atomic mass is 9.80. The number of aliphatic carboxylic acids is 1. The Hall–Kier alpha value is -4.20. The lowest BCUT2D eigenvalue weighted by Gasteiger charge is -2.29. The summed E-state index contributed by atoms with van der Waals surface area (Å²) in [5.74, 6) is -2.94. The number of nitrogens with one attached hydrogen (secondary N) is 1. The minimum Gasteiger partial charge on any atom is -0.478 e. The summed E-state index contributed by atoms with van der Waals surface area (Å²) in [6.07, 6.45) is 3.49. The smallest absolute Gasteiger partial charge is 0.337 e. The molecule has 0 spiro atoms. The molecule has 0 bridgehead atoms. The average molecular weight is 434 g/mol. The normalized spacial score (nSPS) is 16.1. The van der Waals surface area contributed by atoms with E-state index in [2.05, 4.69) is 5.32 Å². The molecular weight excluding hydrogens is 412 g/mol. The second kappa shape index (κ2) is 9.74. The van der Waals surface area contributed by atoms with E-state index in [1.165, 1.54) is 18.2 Å². The maximum atomic E-state index is 13.0. The minimum atomic E-state index is -1.23. The SMILES string of the molecule is CC1=C(C(=O)O)C(c2cccc([N+](=O)[O-])c2)C(C(=O)OC/C=C\c2ccccc2)=C(C)N1. The second-order valence-electron chi connectivity index (χ2n) is 7.20. The van der Waals surface area contributed by atoms with Crippen LogP contribution in [-0.4, -0.2) is 28.6 Å². The van der Waals surface area contributed by atoms with Crippen molar-refractivity contribution in [2.45, 2.75) is 19.8 Å². The van der Waals surface area contributed by atoms with Gasteiger partial charge in [0.15, 0.2) is 0 Å². The van der Waals surface area contributed by atoms with Gasteiger partial charge in [-0.1, -0.05) is 48.5 Å². The van der Waals surface area contributed by atoms with E-state index < -0.39 is 22.8 Å². The maximum absolute atomic E-state index is 13.0. The highest BCUT2D eigenvalue weighted by molar-refractivity contribution is 5.99. The maximum Gasteiger partial charge on any atom is 0.337 e. The summed E-state index contributed by atoms with van der Waals surface area (Å²) in [6, 6.07) is 15.1. The van der Waals surface area contributed by atoms with Gasteiger partial charge in [-0.25, -0.2) is 9.59 Å². The van der Waals surface area contributed by atoms with E-state index in [-0.39, 0.29) is 23.4 Å². The highest BCUT2D eigenvalue weighted by atomic mass is 16.6. The molecule has 1 heterocycles. The van der Waals surface area contributed by atoms with Crippen molar-refractivity contribution < 1.29 is 24.4 Å². The monoisotopic (exact) mass is 434 g/mol. The Bertz CT molecular complexity index is 1150. The summed E-state index contributed by atoms with van der Waals surface area (Å²) in [4.78, 5) is 35.7. The highest BCUT2D eigenvalue weighted by Gasteiger charge is 2.37. The van der Waals surface area contributed by atoms with Gasteiger partial charge in [-0.15, -0.1) is 0 Å². The predicted molar refractivity (Wildman–Crippen MR) is 118 cm³/mol. The number of esters is 1. The Morgan fingerprint density at radius 3 is 2.44 bits per heavy atom. The fourth-order valence-corrected chi connectivity index (χ4v) is 3.65. The third kappa shape index (κ3) is 4.92. The van der Waals surface area contributed by atoms with E-state index >= 15 is 0 Å². The summed E-state index contributed by atoms with van der Waals surface area (Å²) < 4.78 is 5.39. The standard InChI is InChI=1S/C24H22N2O6/c1-15-20(23(27)28)22(18-11-6-12-19(14-18)26(30)31)21(16(2)25-15)24(29)32-13-7-10-17-8-4-3-5-9-17/h3-12,14,22,25H,13H2,1-2H3,(H,27,28)/b10-7-. The van der Waals surface area contributed by atoms with E-state index in [4.69, 9.17) is 4.74 Å². The summed E-state index contributed by atoms with van der Waals surface area (Å²) in [5, 5.41) is 24.0. The molecule has 0 aliphatic carbocycles. The van der Waals surface area contributed by atoms with Gasteiger partial charge < -0.3 is 15.2 Å². The summed E-state index contributed by atoms with van der Waals surface area (Å²) in [5.41, 5.74) is 1.89. The van der Waals surface area contributed by atoms with Crippen LogP contribution in [-0.2, 0) is 14.3 Å². The van der Waals surface area contributed by atoms with Crippen LogP contribution >= 0.6 is 0 Å². The van der Waals surface area contributed by atoms with Gasteiger partial charge in [-0.3, -0.25) is 10.1 Å².